The van der Waals surface area contributed by atoms with Crippen LogP contribution in [0.2, 0.25) is 0 Å². The van der Waals surface area contributed by atoms with E-state index in [1.165, 1.54) is 0 Å². The number of fused-ring (bicyclic) bond motifs is 1. The van der Waals surface area contributed by atoms with Gasteiger partial charge in [-0.25, -0.2) is 4.98 Å². The van der Waals surface area contributed by atoms with Crippen LogP contribution in [0.1, 0.15) is 35.6 Å². The Balaban J connectivity index is 1.87. The first-order valence-corrected chi connectivity index (χ1v) is 6.85. The molecule has 21 heavy (non-hydrogen) atoms. The third kappa shape index (κ3) is 2.47. The number of carbonyl (C=O) groups is 1. The lowest BCUT2D eigenvalue weighted by Gasteiger charge is -2.14. The minimum atomic E-state index is -0.133. The molecule has 0 saturated carbocycles. The number of nitrogens with two attached hydrogens (primary N) is 1. The molecule has 2 aromatic heterocycles. The van der Waals surface area contributed by atoms with Crippen LogP contribution in [0.3, 0.4) is 0 Å². The highest BCUT2D eigenvalue weighted by Gasteiger charge is 2.18. The summed E-state index contributed by atoms with van der Waals surface area (Å²) in [7, 11) is 0. The normalized spacial score (nSPS) is 12.4. The van der Waals surface area contributed by atoms with Crippen LogP contribution < -0.4 is 11.1 Å². The van der Waals surface area contributed by atoms with Gasteiger partial charge in [-0.1, -0.05) is 6.92 Å². The van der Waals surface area contributed by atoms with Crippen LogP contribution >= 0.6 is 0 Å². The van der Waals surface area contributed by atoms with Crippen molar-refractivity contribution in [2.24, 2.45) is 0 Å². The summed E-state index contributed by atoms with van der Waals surface area (Å²) in [5.74, 6) is 0.629. The fourth-order valence-electron chi connectivity index (χ4n) is 2.40. The molecule has 1 amide bonds. The number of rotatable bonds is 4. The van der Waals surface area contributed by atoms with Gasteiger partial charge in [-0.05, 0) is 24.6 Å². The van der Waals surface area contributed by atoms with Gasteiger partial charge < -0.3 is 21.0 Å². The Hall–Kier alpha value is -2.76. The summed E-state index contributed by atoms with van der Waals surface area (Å²) in [6.07, 6.45) is 5.89. The Labute approximate surface area is 121 Å². The lowest BCUT2D eigenvalue weighted by Crippen LogP contribution is -2.28. The van der Waals surface area contributed by atoms with Crippen molar-refractivity contribution in [2.45, 2.75) is 19.4 Å². The standard InChI is InChI=1S/C15H17N5O/c1-2-12(14-17-5-6-18-14)20-15(21)11-8-19-13-7-9(16)3-4-10(11)13/h3-8,12,19H,2,16H2,1H3,(H,17,18)(H,20,21). The smallest absolute Gasteiger partial charge is 0.254 e. The molecular formula is C15H17N5O. The zero-order valence-electron chi connectivity index (χ0n) is 11.7. The molecule has 1 unspecified atom stereocenters. The highest BCUT2D eigenvalue weighted by Crippen LogP contribution is 2.21. The van der Waals surface area contributed by atoms with Gasteiger partial charge in [0.25, 0.3) is 5.91 Å². The fourth-order valence-corrected chi connectivity index (χ4v) is 2.40. The maximum Gasteiger partial charge on any atom is 0.254 e. The van der Waals surface area contributed by atoms with Gasteiger partial charge in [0.2, 0.25) is 0 Å². The number of amides is 1. The molecule has 3 rings (SSSR count). The molecule has 6 heteroatoms. The maximum absolute atomic E-state index is 12.5. The fraction of sp³-hybridized carbons (Fsp3) is 0.200. The van der Waals surface area contributed by atoms with Crippen LogP contribution in [-0.4, -0.2) is 20.9 Å². The van der Waals surface area contributed by atoms with Crippen molar-refractivity contribution in [3.63, 3.8) is 0 Å². The van der Waals surface area contributed by atoms with Gasteiger partial charge in [-0.15, -0.1) is 0 Å². The largest absolute Gasteiger partial charge is 0.399 e. The quantitative estimate of drug-likeness (QED) is 0.553. The molecule has 0 spiro atoms. The van der Waals surface area contributed by atoms with Gasteiger partial charge in [0.05, 0.1) is 11.6 Å². The predicted octanol–water partition coefficient (Wildman–Crippen LogP) is 2.35. The van der Waals surface area contributed by atoms with Crippen molar-refractivity contribution in [3.8, 4) is 0 Å². The second-order valence-electron chi connectivity index (χ2n) is 4.92. The molecule has 5 N–H and O–H groups in total. The highest BCUT2D eigenvalue weighted by atomic mass is 16.1. The Kier molecular flexibility index (Phi) is 3.35. The number of hydrogen-bond acceptors (Lipinski definition) is 3. The highest BCUT2D eigenvalue weighted by molar-refractivity contribution is 6.07. The summed E-state index contributed by atoms with van der Waals surface area (Å²) < 4.78 is 0. The molecule has 108 valence electrons. The van der Waals surface area contributed by atoms with Gasteiger partial charge >= 0.3 is 0 Å². The molecule has 1 atom stereocenters. The van der Waals surface area contributed by atoms with E-state index in [-0.39, 0.29) is 11.9 Å². The van der Waals surface area contributed by atoms with Crippen LogP contribution in [0.5, 0.6) is 0 Å². The Morgan fingerprint density at radius 2 is 2.29 bits per heavy atom. The summed E-state index contributed by atoms with van der Waals surface area (Å²) in [5, 5.41) is 3.85. The summed E-state index contributed by atoms with van der Waals surface area (Å²) >= 11 is 0. The average molecular weight is 283 g/mol. The van der Waals surface area contributed by atoms with Crippen molar-refractivity contribution in [1.82, 2.24) is 20.3 Å². The van der Waals surface area contributed by atoms with E-state index in [0.29, 0.717) is 11.3 Å². The van der Waals surface area contributed by atoms with Crippen LogP contribution in [0.15, 0.2) is 36.8 Å². The van der Waals surface area contributed by atoms with Crippen molar-refractivity contribution < 1.29 is 4.79 Å². The Morgan fingerprint density at radius 1 is 1.43 bits per heavy atom. The van der Waals surface area contributed by atoms with E-state index in [4.69, 9.17) is 5.73 Å². The number of carbonyl (C=O) groups excluding carboxylic acids is 1. The first-order valence-electron chi connectivity index (χ1n) is 6.85. The lowest BCUT2D eigenvalue weighted by atomic mass is 10.1. The van der Waals surface area contributed by atoms with Crippen LogP contribution in [-0.2, 0) is 0 Å². The van der Waals surface area contributed by atoms with E-state index in [0.717, 1.165) is 23.1 Å². The third-order valence-corrected chi connectivity index (χ3v) is 3.51. The first-order chi connectivity index (χ1) is 10.2. The van der Waals surface area contributed by atoms with Crippen molar-refractivity contribution >= 4 is 22.5 Å². The predicted molar refractivity (Wildman–Crippen MR) is 81.8 cm³/mol. The molecule has 3 aromatic rings. The van der Waals surface area contributed by atoms with E-state index in [1.807, 2.05) is 19.1 Å². The number of nitrogens with one attached hydrogen (secondary N) is 3. The van der Waals surface area contributed by atoms with Crippen molar-refractivity contribution in [2.75, 3.05) is 5.73 Å². The molecule has 0 aliphatic carbocycles. The van der Waals surface area contributed by atoms with E-state index in [9.17, 15) is 4.79 Å². The van der Waals surface area contributed by atoms with Gasteiger partial charge in [0, 0.05) is 35.2 Å². The topological polar surface area (TPSA) is 99.6 Å². The number of imidazole rings is 1. The molecule has 6 nitrogen and oxygen atoms in total. The number of aromatic nitrogens is 3. The number of H-pyrrole nitrogens is 2. The molecule has 0 saturated heterocycles. The Bertz CT molecular complexity index is 760. The van der Waals surface area contributed by atoms with E-state index in [2.05, 4.69) is 20.3 Å². The Morgan fingerprint density at radius 3 is 3.00 bits per heavy atom. The number of aromatic amines is 2. The van der Waals surface area contributed by atoms with Gasteiger partial charge in [0.1, 0.15) is 5.82 Å². The first kappa shape index (κ1) is 13.2. The molecule has 0 fully saturated rings. The number of nitrogens with zero attached hydrogens (tertiary/aromatic N) is 1. The molecule has 0 aliphatic rings. The monoisotopic (exact) mass is 283 g/mol. The molecule has 1 aromatic carbocycles. The summed E-state index contributed by atoms with van der Waals surface area (Å²) in [5.41, 5.74) is 7.87. The minimum Gasteiger partial charge on any atom is -0.399 e. The summed E-state index contributed by atoms with van der Waals surface area (Å²) in [4.78, 5) is 22.8. The number of nitrogen functional groups attached to an aromatic ring is 1. The summed E-state index contributed by atoms with van der Waals surface area (Å²) in [6, 6.07) is 5.32. The zero-order chi connectivity index (χ0) is 14.8. The van der Waals surface area contributed by atoms with Gasteiger partial charge in [-0.2, -0.15) is 0 Å². The SMILES string of the molecule is CCC(NC(=O)c1c[nH]c2cc(N)ccc12)c1ncc[nH]1. The van der Waals surface area contributed by atoms with Crippen molar-refractivity contribution in [1.29, 1.82) is 0 Å². The van der Waals surface area contributed by atoms with Crippen LogP contribution in [0.4, 0.5) is 5.69 Å². The molecule has 0 radical (unpaired) electrons. The number of hydrogen-bond donors (Lipinski definition) is 4. The molecular weight excluding hydrogens is 266 g/mol. The van der Waals surface area contributed by atoms with Gasteiger partial charge in [0.15, 0.2) is 0 Å². The van der Waals surface area contributed by atoms with Gasteiger partial charge in [-0.3, -0.25) is 4.79 Å². The van der Waals surface area contributed by atoms with E-state index >= 15 is 0 Å². The van der Waals surface area contributed by atoms with Crippen LogP contribution in [0, 0.1) is 0 Å². The zero-order valence-corrected chi connectivity index (χ0v) is 11.7. The lowest BCUT2D eigenvalue weighted by molar-refractivity contribution is 0.0935. The number of anilines is 1. The average Bonchev–Trinajstić information content (AvgIpc) is 3.13. The number of benzene rings is 1. The van der Waals surface area contributed by atoms with E-state index in [1.54, 1.807) is 24.7 Å². The maximum atomic E-state index is 12.5. The third-order valence-electron chi connectivity index (χ3n) is 3.51. The molecule has 2 heterocycles. The second kappa shape index (κ2) is 5.32. The van der Waals surface area contributed by atoms with Crippen molar-refractivity contribution in [3.05, 3.63) is 48.2 Å². The molecule has 0 aliphatic heterocycles. The minimum absolute atomic E-state index is 0.130. The summed E-state index contributed by atoms with van der Waals surface area (Å²) in [6.45, 7) is 2.00. The van der Waals surface area contributed by atoms with Crippen LogP contribution in [0.25, 0.3) is 10.9 Å². The van der Waals surface area contributed by atoms with E-state index < -0.39 is 0 Å². The molecule has 0 bridgehead atoms. The second-order valence-corrected chi connectivity index (χ2v) is 4.92.